The van der Waals surface area contributed by atoms with Gasteiger partial charge in [-0.1, -0.05) is 0 Å². The van der Waals surface area contributed by atoms with Crippen molar-refractivity contribution in [2.75, 3.05) is 37.7 Å². The van der Waals surface area contributed by atoms with Crippen molar-refractivity contribution in [3.63, 3.8) is 0 Å². The minimum absolute atomic E-state index is 0.0262. The second-order valence-corrected chi connectivity index (χ2v) is 7.47. The highest BCUT2D eigenvalue weighted by atomic mass is 16.5. The number of ether oxygens (including phenoxy) is 1. The van der Waals surface area contributed by atoms with Crippen LogP contribution in [-0.4, -0.2) is 59.3 Å². The first kappa shape index (κ1) is 17.0. The molecule has 3 heterocycles. The first-order valence-electron chi connectivity index (χ1n) is 8.60. The Balaban J connectivity index is 1.85. The van der Waals surface area contributed by atoms with Gasteiger partial charge in [-0.15, -0.1) is 0 Å². The Labute approximate surface area is 143 Å². The largest absolute Gasteiger partial charge is 0.378 e. The van der Waals surface area contributed by atoms with E-state index in [4.69, 9.17) is 4.74 Å². The molecule has 0 unspecified atom stereocenters. The standard InChI is InChI=1S/C17H27N5O2/c1-12-18-14-5-6-22(16(23)20-17(2,3)4)11-13(14)15(19-12)21-7-9-24-10-8-21/h5-11H2,1-4H3,(H,20,23). The van der Waals surface area contributed by atoms with E-state index in [0.717, 1.165) is 42.4 Å². The quantitative estimate of drug-likeness (QED) is 0.843. The molecule has 2 amide bonds. The lowest BCUT2D eigenvalue weighted by Gasteiger charge is -2.35. The van der Waals surface area contributed by atoms with E-state index in [9.17, 15) is 4.79 Å². The molecular formula is C17H27N5O2. The summed E-state index contributed by atoms with van der Waals surface area (Å²) in [4.78, 5) is 25.9. The van der Waals surface area contributed by atoms with Crippen molar-refractivity contribution < 1.29 is 9.53 Å². The summed E-state index contributed by atoms with van der Waals surface area (Å²) in [5.41, 5.74) is 1.91. The Bertz CT molecular complexity index is 620. The van der Waals surface area contributed by atoms with Crippen LogP contribution in [0.15, 0.2) is 0 Å². The predicted octanol–water partition coefficient (Wildman–Crippen LogP) is 1.49. The number of morpholine rings is 1. The van der Waals surface area contributed by atoms with Crippen molar-refractivity contribution in [3.8, 4) is 0 Å². The number of nitrogens with one attached hydrogen (secondary N) is 1. The summed E-state index contributed by atoms with van der Waals surface area (Å²) in [5.74, 6) is 1.76. The highest BCUT2D eigenvalue weighted by molar-refractivity contribution is 5.75. The molecule has 1 aromatic heterocycles. The van der Waals surface area contributed by atoms with Crippen LogP contribution in [0.5, 0.6) is 0 Å². The third-order valence-corrected chi connectivity index (χ3v) is 4.23. The molecule has 3 rings (SSSR count). The Morgan fingerprint density at radius 3 is 2.54 bits per heavy atom. The highest BCUT2D eigenvalue weighted by Crippen LogP contribution is 2.27. The van der Waals surface area contributed by atoms with Gasteiger partial charge in [0.2, 0.25) is 0 Å². The van der Waals surface area contributed by atoms with Gasteiger partial charge in [0.15, 0.2) is 0 Å². The fourth-order valence-electron chi connectivity index (χ4n) is 3.13. The fourth-order valence-corrected chi connectivity index (χ4v) is 3.13. The van der Waals surface area contributed by atoms with Gasteiger partial charge in [-0.25, -0.2) is 14.8 Å². The normalized spacial score (nSPS) is 18.3. The molecule has 0 saturated carbocycles. The van der Waals surface area contributed by atoms with Crippen molar-refractivity contribution in [1.82, 2.24) is 20.2 Å². The number of fused-ring (bicyclic) bond motifs is 1. The monoisotopic (exact) mass is 333 g/mol. The number of urea groups is 1. The molecule has 0 bridgehead atoms. The molecule has 24 heavy (non-hydrogen) atoms. The zero-order valence-corrected chi connectivity index (χ0v) is 15.1. The first-order valence-corrected chi connectivity index (χ1v) is 8.60. The fraction of sp³-hybridized carbons (Fsp3) is 0.706. The maximum Gasteiger partial charge on any atom is 0.318 e. The topological polar surface area (TPSA) is 70.6 Å². The van der Waals surface area contributed by atoms with Gasteiger partial charge in [0.1, 0.15) is 11.6 Å². The van der Waals surface area contributed by atoms with Crippen LogP contribution in [0.4, 0.5) is 10.6 Å². The average molecular weight is 333 g/mol. The van der Waals surface area contributed by atoms with Crippen molar-refractivity contribution >= 4 is 11.8 Å². The molecule has 0 aliphatic carbocycles. The molecule has 1 N–H and O–H groups in total. The zero-order valence-electron chi connectivity index (χ0n) is 15.1. The lowest BCUT2D eigenvalue weighted by molar-refractivity contribution is 0.122. The van der Waals surface area contributed by atoms with Crippen LogP contribution in [-0.2, 0) is 17.7 Å². The maximum absolute atomic E-state index is 12.5. The van der Waals surface area contributed by atoms with Gasteiger partial charge in [0.05, 0.1) is 25.5 Å². The van der Waals surface area contributed by atoms with Gasteiger partial charge in [0, 0.05) is 37.2 Å². The van der Waals surface area contributed by atoms with Gasteiger partial charge >= 0.3 is 6.03 Å². The number of carbonyl (C=O) groups is 1. The van der Waals surface area contributed by atoms with E-state index in [0.29, 0.717) is 26.3 Å². The lowest BCUT2D eigenvalue weighted by atomic mass is 10.0. The molecule has 132 valence electrons. The average Bonchev–Trinajstić information content (AvgIpc) is 2.53. The van der Waals surface area contributed by atoms with Gasteiger partial charge in [0.25, 0.3) is 0 Å². The van der Waals surface area contributed by atoms with E-state index in [-0.39, 0.29) is 11.6 Å². The molecule has 2 aliphatic heterocycles. The number of amides is 2. The zero-order chi connectivity index (χ0) is 17.3. The third-order valence-electron chi connectivity index (χ3n) is 4.23. The van der Waals surface area contributed by atoms with Gasteiger partial charge < -0.3 is 19.9 Å². The predicted molar refractivity (Wildman–Crippen MR) is 92.2 cm³/mol. The van der Waals surface area contributed by atoms with Gasteiger partial charge in [-0.3, -0.25) is 0 Å². The Morgan fingerprint density at radius 1 is 1.17 bits per heavy atom. The number of hydrogen-bond donors (Lipinski definition) is 1. The molecule has 0 aromatic carbocycles. The highest BCUT2D eigenvalue weighted by Gasteiger charge is 2.29. The van der Waals surface area contributed by atoms with Crippen molar-refractivity contribution in [3.05, 3.63) is 17.1 Å². The number of aromatic nitrogens is 2. The molecular weight excluding hydrogens is 306 g/mol. The number of rotatable bonds is 1. The van der Waals surface area contributed by atoms with Crippen LogP contribution in [0.3, 0.4) is 0 Å². The van der Waals surface area contributed by atoms with Gasteiger partial charge in [-0.2, -0.15) is 0 Å². The minimum atomic E-state index is -0.242. The van der Waals surface area contributed by atoms with E-state index >= 15 is 0 Å². The second-order valence-electron chi connectivity index (χ2n) is 7.47. The molecule has 1 aromatic rings. The molecule has 1 fully saturated rings. The molecule has 0 radical (unpaired) electrons. The van der Waals surface area contributed by atoms with Crippen LogP contribution >= 0.6 is 0 Å². The summed E-state index contributed by atoms with van der Waals surface area (Å²) in [6, 6.07) is -0.0262. The SMILES string of the molecule is Cc1nc2c(c(N3CCOCC3)n1)CN(C(=O)NC(C)(C)C)CC2. The molecule has 0 spiro atoms. The number of carbonyl (C=O) groups excluding carboxylic acids is 1. The summed E-state index contributed by atoms with van der Waals surface area (Å²) in [7, 11) is 0. The van der Waals surface area contributed by atoms with E-state index in [1.165, 1.54) is 0 Å². The van der Waals surface area contributed by atoms with Crippen LogP contribution < -0.4 is 10.2 Å². The van der Waals surface area contributed by atoms with Crippen LogP contribution in [0, 0.1) is 6.92 Å². The van der Waals surface area contributed by atoms with E-state index in [2.05, 4.69) is 20.2 Å². The molecule has 7 nitrogen and oxygen atoms in total. The summed E-state index contributed by atoms with van der Waals surface area (Å²) in [6.07, 6.45) is 0.771. The number of aryl methyl sites for hydroxylation is 1. The summed E-state index contributed by atoms with van der Waals surface area (Å²) >= 11 is 0. The second kappa shape index (κ2) is 6.55. The van der Waals surface area contributed by atoms with Crippen molar-refractivity contribution in [2.45, 2.75) is 46.2 Å². The number of nitrogens with zero attached hydrogens (tertiary/aromatic N) is 4. The van der Waals surface area contributed by atoms with Crippen LogP contribution in [0.1, 0.15) is 37.9 Å². The summed E-state index contributed by atoms with van der Waals surface area (Å²) < 4.78 is 5.45. The Hall–Kier alpha value is -1.89. The summed E-state index contributed by atoms with van der Waals surface area (Å²) in [5, 5.41) is 3.04. The minimum Gasteiger partial charge on any atom is -0.378 e. The summed E-state index contributed by atoms with van der Waals surface area (Å²) in [6.45, 7) is 12.3. The van der Waals surface area contributed by atoms with Gasteiger partial charge in [-0.05, 0) is 27.7 Å². The molecule has 2 aliphatic rings. The Morgan fingerprint density at radius 2 is 1.88 bits per heavy atom. The first-order chi connectivity index (χ1) is 11.3. The number of hydrogen-bond acceptors (Lipinski definition) is 5. The smallest absolute Gasteiger partial charge is 0.318 e. The molecule has 0 atom stereocenters. The van der Waals surface area contributed by atoms with Crippen molar-refractivity contribution in [2.24, 2.45) is 0 Å². The van der Waals surface area contributed by atoms with E-state index in [1.54, 1.807) is 0 Å². The maximum atomic E-state index is 12.5. The van der Waals surface area contributed by atoms with E-state index < -0.39 is 0 Å². The van der Waals surface area contributed by atoms with Crippen LogP contribution in [0.2, 0.25) is 0 Å². The third kappa shape index (κ3) is 3.77. The van der Waals surface area contributed by atoms with E-state index in [1.807, 2.05) is 32.6 Å². The molecule has 7 heteroatoms. The van der Waals surface area contributed by atoms with Crippen molar-refractivity contribution in [1.29, 1.82) is 0 Å². The number of anilines is 1. The lowest BCUT2D eigenvalue weighted by Crippen LogP contribution is -2.50. The molecule has 1 saturated heterocycles. The van der Waals surface area contributed by atoms with Crippen LogP contribution in [0.25, 0.3) is 0 Å². The Kier molecular flexibility index (Phi) is 4.62.